The van der Waals surface area contributed by atoms with Gasteiger partial charge in [0.05, 0.1) is 24.3 Å². The van der Waals surface area contributed by atoms with Gasteiger partial charge >= 0.3 is 5.97 Å². The summed E-state index contributed by atoms with van der Waals surface area (Å²) in [5, 5.41) is 0.903. The van der Waals surface area contributed by atoms with Gasteiger partial charge in [0.15, 0.2) is 11.5 Å². The molecule has 0 spiro atoms. The normalized spacial score (nSPS) is 14.7. The van der Waals surface area contributed by atoms with Gasteiger partial charge in [0.25, 0.3) is 0 Å². The number of benzene rings is 2. The lowest BCUT2D eigenvalue weighted by molar-refractivity contribution is 0.0320. The van der Waals surface area contributed by atoms with Gasteiger partial charge < -0.3 is 14.2 Å². The summed E-state index contributed by atoms with van der Waals surface area (Å²) < 4.78 is 17.0. The number of morpholine rings is 1. The van der Waals surface area contributed by atoms with Crippen molar-refractivity contribution < 1.29 is 19.0 Å². The van der Waals surface area contributed by atoms with Crippen molar-refractivity contribution in [2.24, 2.45) is 0 Å². The van der Waals surface area contributed by atoms with Crippen LogP contribution in [0.2, 0.25) is 0 Å². The van der Waals surface area contributed by atoms with E-state index in [2.05, 4.69) is 9.88 Å². The number of nitrogens with zero attached hydrogens (tertiary/aromatic N) is 2. The van der Waals surface area contributed by atoms with Gasteiger partial charge in [-0.2, -0.15) is 0 Å². The molecule has 150 valence electrons. The zero-order valence-electron chi connectivity index (χ0n) is 16.5. The number of carbonyl (C=O) groups excluding carboxylic acids is 1. The topological polar surface area (TPSA) is 60.9 Å². The Morgan fingerprint density at radius 1 is 1.03 bits per heavy atom. The van der Waals surface area contributed by atoms with Crippen molar-refractivity contribution in [2.75, 3.05) is 39.5 Å². The summed E-state index contributed by atoms with van der Waals surface area (Å²) in [5.74, 6) is 0.514. The van der Waals surface area contributed by atoms with E-state index in [0.717, 1.165) is 43.9 Å². The van der Waals surface area contributed by atoms with Crippen LogP contribution in [0.5, 0.6) is 11.5 Å². The second-order valence-electron chi connectivity index (χ2n) is 6.97. The summed E-state index contributed by atoms with van der Waals surface area (Å²) in [7, 11) is 0. The van der Waals surface area contributed by atoms with Crippen LogP contribution < -0.4 is 9.47 Å². The first-order valence-electron chi connectivity index (χ1n) is 9.81. The highest BCUT2D eigenvalue weighted by Gasteiger charge is 2.16. The number of fused-ring (bicyclic) bond motifs is 1. The van der Waals surface area contributed by atoms with Crippen LogP contribution in [0.3, 0.4) is 0 Å². The smallest absolute Gasteiger partial charge is 0.345 e. The quantitative estimate of drug-likeness (QED) is 0.473. The summed E-state index contributed by atoms with van der Waals surface area (Å²) >= 11 is 0. The molecule has 6 heteroatoms. The van der Waals surface area contributed by atoms with E-state index in [1.165, 1.54) is 0 Å². The third-order valence-corrected chi connectivity index (χ3v) is 4.90. The van der Waals surface area contributed by atoms with Gasteiger partial charge in [-0.1, -0.05) is 30.3 Å². The molecule has 1 aromatic heterocycles. The Morgan fingerprint density at radius 2 is 1.83 bits per heavy atom. The van der Waals surface area contributed by atoms with Gasteiger partial charge in [0.1, 0.15) is 6.61 Å². The van der Waals surface area contributed by atoms with Gasteiger partial charge in [-0.15, -0.1) is 0 Å². The Hall–Kier alpha value is -2.96. The maximum absolute atomic E-state index is 12.9. The maximum Gasteiger partial charge on any atom is 0.345 e. The van der Waals surface area contributed by atoms with E-state index in [9.17, 15) is 4.79 Å². The van der Waals surface area contributed by atoms with Crippen molar-refractivity contribution in [3.63, 3.8) is 0 Å². The summed E-state index contributed by atoms with van der Waals surface area (Å²) in [6, 6.07) is 16.6. The van der Waals surface area contributed by atoms with Gasteiger partial charge in [0.2, 0.25) is 0 Å². The SMILES string of the molecule is Cc1ccc2cccc(C(=O)Oc3ccccc3OCCN3CCOCC3)c2n1. The molecule has 0 bridgehead atoms. The van der Waals surface area contributed by atoms with Gasteiger partial charge in [-0.25, -0.2) is 4.79 Å². The van der Waals surface area contributed by atoms with Crippen LogP contribution in [0.25, 0.3) is 10.9 Å². The highest BCUT2D eigenvalue weighted by molar-refractivity contribution is 6.03. The molecule has 3 aromatic rings. The Bertz CT molecular complexity index is 999. The standard InChI is InChI=1S/C23H24N2O4/c1-17-9-10-18-5-4-6-19(22(18)24-17)23(26)29-21-8-3-2-7-20(21)28-16-13-25-11-14-27-15-12-25/h2-10H,11-16H2,1H3. The number of rotatable bonds is 6. The number of hydrogen-bond acceptors (Lipinski definition) is 6. The molecular weight excluding hydrogens is 368 g/mol. The van der Waals surface area contributed by atoms with Crippen LogP contribution in [-0.2, 0) is 4.74 Å². The van der Waals surface area contributed by atoms with Crippen LogP contribution in [-0.4, -0.2) is 55.3 Å². The van der Waals surface area contributed by atoms with Crippen molar-refractivity contribution in [3.8, 4) is 11.5 Å². The van der Waals surface area contributed by atoms with Crippen LogP contribution in [0, 0.1) is 6.92 Å². The molecule has 0 N–H and O–H groups in total. The third-order valence-electron chi connectivity index (χ3n) is 4.90. The summed E-state index contributed by atoms with van der Waals surface area (Å²) in [6.07, 6.45) is 0. The average molecular weight is 392 g/mol. The second-order valence-corrected chi connectivity index (χ2v) is 6.97. The van der Waals surface area contributed by atoms with E-state index in [-0.39, 0.29) is 0 Å². The van der Waals surface area contributed by atoms with E-state index in [1.807, 2.05) is 49.4 Å². The predicted molar refractivity (Wildman–Crippen MR) is 111 cm³/mol. The molecule has 0 amide bonds. The van der Waals surface area contributed by atoms with Gasteiger partial charge in [-0.3, -0.25) is 9.88 Å². The van der Waals surface area contributed by atoms with Crippen molar-refractivity contribution >= 4 is 16.9 Å². The minimum Gasteiger partial charge on any atom is -0.488 e. The fourth-order valence-corrected chi connectivity index (χ4v) is 3.33. The van der Waals surface area contributed by atoms with Crippen LogP contribution in [0.1, 0.15) is 16.1 Å². The molecule has 0 radical (unpaired) electrons. The van der Waals surface area contributed by atoms with Crippen LogP contribution in [0.4, 0.5) is 0 Å². The number of pyridine rings is 1. The molecule has 0 atom stereocenters. The Labute approximate surface area is 170 Å². The zero-order chi connectivity index (χ0) is 20.1. The van der Waals surface area contributed by atoms with E-state index >= 15 is 0 Å². The molecule has 2 aromatic carbocycles. The van der Waals surface area contributed by atoms with Crippen molar-refractivity contribution in [3.05, 3.63) is 65.9 Å². The molecule has 4 rings (SSSR count). The van der Waals surface area contributed by atoms with Crippen LogP contribution >= 0.6 is 0 Å². The lowest BCUT2D eigenvalue weighted by Gasteiger charge is -2.26. The molecule has 29 heavy (non-hydrogen) atoms. The molecule has 1 aliphatic rings. The Balaban J connectivity index is 1.47. The summed E-state index contributed by atoms with van der Waals surface area (Å²) in [5.41, 5.74) is 1.93. The minimum atomic E-state index is -0.446. The van der Waals surface area contributed by atoms with E-state index in [4.69, 9.17) is 14.2 Å². The maximum atomic E-state index is 12.9. The largest absolute Gasteiger partial charge is 0.488 e. The van der Waals surface area contributed by atoms with E-state index in [0.29, 0.717) is 29.2 Å². The first-order valence-corrected chi connectivity index (χ1v) is 9.81. The van der Waals surface area contributed by atoms with E-state index < -0.39 is 5.97 Å². The molecule has 0 saturated carbocycles. The van der Waals surface area contributed by atoms with Gasteiger partial charge in [-0.05, 0) is 31.2 Å². The third kappa shape index (κ3) is 4.72. The number of aryl methyl sites for hydroxylation is 1. The highest BCUT2D eigenvalue weighted by Crippen LogP contribution is 2.28. The van der Waals surface area contributed by atoms with Gasteiger partial charge in [0, 0.05) is 30.7 Å². The average Bonchev–Trinajstić information content (AvgIpc) is 2.75. The van der Waals surface area contributed by atoms with Crippen LogP contribution in [0.15, 0.2) is 54.6 Å². The molecule has 1 saturated heterocycles. The fraction of sp³-hybridized carbons (Fsp3) is 0.304. The fourth-order valence-electron chi connectivity index (χ4n) is 3.33. The highest BCUT2D eigenvalue weighted by atomic mass is 16.6. The first kappa shape index (κ1) is 19.4. The van der Waals surface area contributed by atoms with Crippen molar-refractivity contribution in [1.82, 2.24) is 9.88 Å². The number of para-hydroxylation sites is 3. The molecule has 1 aliphatic heterocycles. The lowest BCUT2D eigenvalue weighted by atomic mass is 10.1. The number of hydrogen-bond donors (Lipinski definition) is 0. The monoisotopic (exact) mass is 392 g/mol. The molecule has 1 fully saturated rings. The first-order chi connectivity index (χ1) is 14.2. The Kier molecular flexibility index (Phi) is 6.03. The second kappa shape index (κ2) is 9.03. The molecular formula is C23H24N2O4. The number of ether oxygens (including phenoxy) is 3. The predicted octanol–water partition coefficient (Wildman–Crippen LogP) is 3.47. The number of aromatic nitrogens is 1. The molecule has 0 aliphatic carbocycles. The molecule has 2 heterocycles. The van der Waals surface area contributed by atoms with Crippen molar-refractivity contribution in [2.45, 2.75) is 6.92 Å². The number of esters is 1. The van der Waals surface area contributed by atoms with E-state index in [1.54, 1.807) is 12.1 Å². The molecule has 0 unspecified atom stereocenters. The lowest BCUT2D eigenvalue weighted by Crippen LogP contribution is -2.38. The number of carbonyl (C=O) groups is 1. The zero-order valence-corrected chi connectivity index (χ0v) is 16.5. The summed E-state index contributed by atoms with van der Waals surface area (Å²) in [4.78, 5) is 19.7. The summed E-state index contributed by atoms with van der Waals surface area (Å²) in [6.45, 7) is 6.56. The molecule has 6 nitrogen and oxygen atoms in total. The van der Waals surface area contributed by atoms with Crippen molar-refractivity contribution in [1.29, 1.82) is 0 Å². The Morgan fingerprint density at radius 3 is 2.66 bits per heavy atom. The minimum absolute atomic E-state index is 0.407.